The summed E-state index contributed by atoms with van der Waals surface area (Å²) in [7, 11) is 0. The first-order valence-electron chi connectivity index (χ1n) is 8.09. The Hall–Kier alpha value is -2.94. The SMILES string of the molecule is N#Cc1c(F)cccc1N1CCCN(C(=O)c2ccccc2F)CC1. The molecule has 128 valence electrons. The molecule has 1 fully saturated rings. The van der Waals surface area contributed by atoms with Gasteiger partial charge in [0.25, 0.3) is 5.91 Å². The first-order chi connectivity index (χ1) is 12.1. The lowest BCUT2D eigenvalue weighted by molar-refractivity contribution is 0.0762. The highest BCUT2D eigenvalue weighted by molar-refractivity contribution is 5.94. The number of carbonyl (C=O) groups is 1. The summed E-state index contributed by atoms with van der Waals surface area (Å²) in [5.74, 6) is -1.44. The van der Waals surface area contributed by atoms with Crippen molar-refractivity contribution in [2.75, 3.05) is 31.1 Å². The number of carbonyl (C=O) groups excluding carboxylic acids is 1. The number of benzene rings is 2. The van der Waals surface area contributed by atoms with Crippen LogP contribution in [0.2, 0.25) is 0 Å². The van der Waals surface area contributed by atoms with E-state index in [-0.39, 0.29) is 17.0 Å². The van der Waals surface area contributed by atoms with Crippen LogP contribution in [0.25, 0.3) is 0 Å². The quantitative estimate of drug-likeness (QED) is 0.843. The molecule has 0 radical (unpaired) electrons. The highest BCUT2D eigenvalue weighted by Crippen LogP contribution is 2.24. The van der Waals surface area contributed by atoms with Gasteiger partial charge in [-0.25, -0.2) is 8.78 Å². The van der Waals surface area contributed by atoms with Gasteiger partial charge >= 0.3 is 0 Å². The molecule has 1 aliphatic rings. The second-order valence-electron chi connectivity index (χ2n) is 5.86. The summed E-state index contributed by atoms with van der Waals surface area (Å²) < 4.78 is 27.7. The molecule has 0 bridgehead atoms. The molecule has 2 aromatic rings. The van der Waals surface area contributed by atoms with E-state index in [1.54, 1.807) is 29.2 Å². The molecule has 1 aliphatic heterocycles. The highest BCUT2D eigenvalue weighted by Gasteiger charge is 2.23. The summed E-state index contributed by atoms with van der Waals surface area (Å²) in [6.45, 7) is 1.92. The van der Waals surface area contributed by atoms with Crippen LogP contribution in [0.4, 0.5) is 14.5 Å². The molecular weight excluding hydrogens is 324 g/mol. The Labute approximate surface area is 144 Å². The van der Waals surface area contributed by atoms with Gasteiger partial charge in [-0.3, -0.25) is 4.79 Å². The number of halogens is 2. The fourth-order valence-electron chi connectivity index (χ4n) is 3.05. The van der Waals surface area contributed by atoms with Crippen molar-refractivity contribution in [1.29, 1.82) is 5.26 Å². The van der Waals surface area contributed by atoms with E-state index in [4.69, 9.17) is 0 Å². The van der Waals surface area contributed by atoms with Gasteiger partial charge in [-0.05, 0) is 30.7 Å². The zero-order valence-electron chi connectivity index (χ0n) is 13.6. The second kappa shape index (κ2) is 7.31. The summed E-state index contributed by atoms with van der Waals surface area (Å²) in [5.41, 5.74) is 0.596. The average molecular weight is 341 g/mol. The topological polar surface area (TPSA) is 47.3 Å². The van der Waals surface area contributed by atoms with Gasteiger partial charge in [0.05, 0.1) is 11.3 Å². The van der Waals surface area contributed by atoms with Crippen molar-refractivity contribution >= 4 is 11.6 Å². The Morgan fingerprint density at radius 3 is 2.48 bits per heavy atom. The van der Waals surface area contributed by atoms with Gasteiger partial charge in [0.1, 0.15) is 23.3 Å². The summed E-state index contributed by atoms with van der Waals surface area (Å²) in [5, 5.41) is 9.20. The van der Waals surface area contributed by atoms with Gasteiger partial charge in [-0.1, -0.05) is 18.2 Å². The van der Waals surface area contributed by atoms with Gasteiger partial charge < -0.3 is 9.80 Å². The lowest BCUT2D eigenvalue weighted by Gasteiger charge is -2.24. The average Bonchev–Trinajstić information content (AvgIpc) is 2.87. The molecule has 3 rings (SSSR count). The molecule has 0 N–H and O–H groups in total. The maximum atomic E-state index is 13.8. The van der Waals surface area contributed by atoms with Crippen molar-refractivity contribution in [3.05, 3.63) is 65.2 Å². The molecule has 1 heterocycles. The third-order valence-electron chi connectivity index (χ3n) is 4.33. The molecule has 0 atom stereocenters. The van der Waals surface area contributed by atoms with E-state index in [1.807, 2.05) is 11.0 Å². The van der Waals surface area contributed by atoms with Crippen LogP contribution < -0.4 is 4.90 Å². The predicted molar refractivity (Wildman–Crippen MR) is 90.2 cm³/mol. The number of rotatable bonds is 2. The van der Waals surface area contributed by atoms with Crippen molar-refractivity contribution in [2.24, 2.45) is 0 Å². The number of amides is 1. The van der Waals surface area contributed by atoms with E-state index < -0.39 is 11.6 Å². The van der Waals surface area contributed by atoms with Gasteiger partial charge in [-0.2, -0.15) is 5.26 Å². The number of hydrogen-bond donors (Lipinski definition) is 0. The van der Waals surface area contributed by atoms with E-state index in [1.165, 1.54) is 18.2 Å². The molecule has 2 aromatic carbocycles. The minimum atomic E-state index is -0.552. The molecule has 25 heavy (non-hydrogen) atoms. The minimum Gasteiger partial charge on any atom is -0.369 e. The number of nitriles is 1. The van der Waals surface area contributed by atoms with Crippen LogP contribution in [0.3, 0.4) is 0 Å². The number of anilines is 1. The van der Waals surface area contributed by atoms with E-state index in [0.29, 0.717) is 38.3 Å². The second-order valence-corrected chi connectivity index (χ2v) is 5.86. The first kappa shape index (κ1) is 16.9. The van der Waals surface area contributed by atoms with Crippen LogP contribution >= 0.6 is 0 Å². The maximum Gasteiger partial charge on any atom is 0.256 e. The Bertz CT molecular complexity index is 832. The van der Waals surface area contributed by atoms with Crippen LogP contribution in [0, 0.1) is 23.0 Å². The molecule has 1 amide bonds. The van der Waals surface area contributed by atoms with Gasteiger partial charge in [-0.15, -0.1) is 0 Å². The number of nitrogens with zero attached hydrogens (tertiary/aromatic N) is 3. The lowest BCUT2D eigenvalue weighted by atomic mass is 10.1. The van der Waals surface area contributed by atoms with E-state index in [9.17, 15) is 18.8 Å². The Morgan fingerprint density at radius 1 is 0.960 bits per heavy atom. The van der Waals surface area contributed by atoms with Crippen molar-refractivity contribution in [2.45, 2.75) is 6.42 Å². The summed E-state index contributed by atoms with van der Waals surface area (Å²) in [6, 6.07) is 12.3. The standard InChI is InChI=1S/C19H17F2N3O/c20-16-6-2-1-5-14(16)19(25)24-10-4-9-23(11-12-24)18-8-3-7-17(21)15(18)13-22/h1-3,5-8H,4,9-12H2. The van der Waals surface area contributed by atoms with Crippen molar-refractivity contribution in [3.63, 3.8) is 0 Å². The molecule has 0 spiro atoms. The Balaban J connectivity index is 1.78. The minimum absolute atomic E-state index is 0.0105. The first-order valence-corrected chi connectivity index (χ1v) is 8.09. The third kappa shape index (κ3) is 3.45. The largest absolute Gasteiger partial charge is 0.369 e. The van der Waals surface area contributed by atoms with Crippen molar-refractivity contribution in [1.82, 2.24) is 4.90 Å². The van der Waals surface area contributed by atoms with Crippen molar-refractivity contribution in [3.8, 4) is 6.07 Å². The molecule has 0 saturated carbocycles. The smallest absolute Gasteiger partial charge is 0.256 e. The van der Waals surface area contributed by atoms with Crippen LogP contribution in [0.15, 0.2) is 42.5 Å². The zero-order valence-corrected chi connectivity index (χ0v) is 13.6. The van der Waals surface area contributed by atoms with Gasteiger partial charge in [0.15, 0.2) is 0 Å². The Morgan fingerprint density at radius 2 is 1.72 bits per heavy atom. The molecular formula is C19H17F2N3O. The molecule has 0 aliphatic carbocycles. The Kier molecular flexibility index (Phi) is 4.94. The van der Waals surface area contributed by atoms with Gasteiger partial charge in [0.2, 0.25) is 0 Å². The van der Waals surface area contributed by atoms with Crippen molar-refractivity contribution < 1.29 is 13.6 Å². The van der Waals surface area contributed by atoms with Crippen LogP contribution in [0.1, 0.15) is 22.3 Å². The molecule has 1 saturated heterocycles. The van der Waals surface area contributed by atoms with Crippen LogP contribution in [0.5, 0.6) is 0 Å². The fourth-order valence-corrected chi connectivity index (χ4v) is 3.05. The van der Waals surface area contributed by atoms with Crippen LogP contribution in [-0.4, -0.2) is 37.0 Å². The molecule has 0 unspecified atom stereocenters. The van der Waals surface area contributed by atoms with Crippen LogP contribution in [-0.2, 0) is 0 Å². The fraction of sp³-hybridized carbons (Fsp3) is 0.263. The number of hydrogen-bond acceptors (Lipinski definition) is 3. The highest BCUT2D eigenvalue weighted by atomic mass is 19.1. The van der Waals surface area contributed by atoms with E-state index in [0.717, 1.165) is 0 Å². The zero-order chi connectivity index (χ0) is 17.8. The normalized spacial score (nSPS) is 14.8. The third-order valence-corrected chi connectivity index (χ3v) is 4.33. The van der Waals surface area contributed by atoms with E-state index in [2.05, 4.69) is 0 Å². The monoisotopic (exact) mass is 341 g/mol. The summed E-state index contributed by atoms with van der Waals surface area (Å²) in [6.07, 6.45) is 0.654. The van der Waals surface area contributed by atoms with E-state index >= 15 is 0 Å². The molecule has 4 nitrogen and oxygen atoms in total. The van der Waals surface area contributed by atoms with Gasteiger partial charge in [0, 0.05) is 26.2 Å². The summed E-state index contributed by atoms with van der Waals surface area (Å²) in [4.78, 5) is 16.0. The lowest BCUT2D eigenvalue weighted by Crippen LogP contribution is -2.35. The predicted octanol–water partition coefficient (Wildman–Crippen LogP) is 3.19. The summed E-state index contributed by atoms with van der Waals surface area (Å²) >= 11 is 0. The molecule has 6 heteroatoms. The molecule has 0 aromatic heterocycles. The maximum absolute atomic E-state index is 13.8.